The predicted molar refractivity (Wildman–Crippen MR) is 75.4 cm³/mol. The summed E-state index contributed by atoms with van der Waals surface area (Å²) in [6.07, 6.45) is 4.94. The van der Waals surface area contributed by atoms with Gasteiger partial charge >= 0.3 is 5.69 Å². The quantitative estimate of drug-likeness (QED) is 0.812. The number of carbonyl (C=O) groups is 1. The van der Waals surface area contributed by atoms with Crippen molar-refractivity contribution in [3.05, 3.63) is 28.8 Å². The minimum Gasteiger partial charge on any atom is -0.341 e. The molecule has 0 radical (unpaired) electrons. The maximum atomic E-state index is 12.3. The number of hydrogen-bond acceptors (Lipinski definition) is 3. The van der Waals surface area contributed by atoms with Crippen LogP contribution in [-0.2, 0) is 18.4 Å². The Kier molecular flexibility index (Phi) is 3.30. The van der Waals surface area contributed by atoms with Crippen molar-refractivity contribution in [2.75, 3.05) is 13.1 Å². The summed E-state index contributed by atoms with van der Waals surface area (Å²) in [6, 6.07) is 3.61. The summed E-state index contributed by atoms with van der Waals surface area (Å²) in [7, 11) is 1.68. The smallest absolute Gasteiger partial charge is 0.330 e. The van der Waals surface area contributed by atoms with Crippen LogP contribution in [0, 0.1) is 0 Å². The predicted octanol–water partition coefficient (Wildman–Crippen LogP) is 0.747. The third-order valence-electron chi connectivity index (χ3n) is 3.89. The molecule has 6 nitrogen and oxygen atoms in total. The first kappa shape index (κ1) is 12.9. The average Bonchev–Trinajstić information content (AvgIpc) is 2.74. The first-order valence-corrected chi connectivity index (χ1v) is 6.96. The van der Waals surface area contributed by atoms with Crippen LogP contribution in [0.15, 0.2) is 23.1 Å². The van der Waals surface area contributed by atoms with Crippen LogP contribution in [-0.4, -0.2) is 38.0 Å². The lowest BCUT2D eigenvalue weighted by molar-refractivity contribution is -0.132. The fourth-order valence-corrected chi connectivity index (χ4v) is 2.76. The van der Waals surface area contributed by atoms with Crippen LogP contribution in [0.25, 0.3) is 11.2 Å². The second-order valence-electron chi connectivity index (χ2n) is 5.22. The van der Waals surface area contributed by atoms with E-state index in [2.05, 4.69) is 4.98 Å². The van der Waals surface area contributed by atoms with Gasteiger partial charge in [0.15, 0.2) is 5.65 Å². The number of pyridine rings is 1. The Morgan fingerprint density at radius 3 is 2.80 bits per heavy atom. The lowest BCUT2D eigenvalue weighted by Crippen LogP contribution is -2.39. The number of aryl methyl sites for hydroxylation is 1. The molecule has 1 aliphatic rings. The highest BCUT2D eigenvalue weighted by Gasteiger charge is 2.19. The molecule has 20 heavy (non-hydrogen) atoms. The highest BCUT2D eigenvalue weighted by molar-refractivity contribution is 5.79. The zero-order chi connectivity index (χ0) is 14.1. The van der Waals surface area contributed by atoms with E-state index >= 15 is 0 Å². The van der Waals surface area contributed by atoms with Crippen LogP contribution in [0.1, 0.15) is 19.3 Å². The van der Waals surface area contributed by atoms with Crippen molar-refractivity contribution in [2.24, 2.45) is 7.05 Å². The Bertz CT molecular complexity index is 695. The second kappa shape index (κ2) is 5.11. The maximum Gasteiger partial charge on any atom is 0.330 e. The van der Waals surface area contributed by atoms with Gasteiger partial charge < -0.3 is 4.90 Å². The van der Waals surface area contributed by atoms with E-state index in [1.54, 1.807) is 19.3 Å². The molecule has 3 heterocycles. The number of nitrogens with zero attached hydrogens (tertiary/aromatic N) is 4. The average molecular weight is 274 g/mol. The van der Waals surface area contributed by atoms with Gasteiger partial charge in [0.05, 0.1) is 5.52 Å². The van der Waals surface area contributed by atoms with Crippen LogP contribution in [0.4, 0.5) is 0 Å². The van der Waals surface area contributed by atoms with Gasteiger partial charge in [-0.15, -0.1) is 0 Å². The van der Waals surface area contributed by atoms with E-state index in [4.69, 9.17) is 0 Å². The number of likely N-dealkylation sites (tertiary alicyclic amines) is 1. The fraction of sp³-hybridized carbons (Fsp3) is 0.500. The van der Waals surface area contributed by atoms with Crippen molar-refractivity contribution >= 4 is 17.1 Å². The molecule has 0 bridgehead atoms. The number of imidazole rings is 1. The van der Waals surface area contributed by atoms with Gasteiger partial charge in [-0.1, -0.05) is 0 Å². The summed E-state index contributed by atoms with van der Waals surface area (Å²) in [4.78, 5) is 30.6. The Hall–Kier alpha value is -2.11. The molecule has 0 N–H and O–H groups in total. The number of rotatable bonds is 2. The van der Waals surface area contributed by atoms with Gasteiger partial charge in [0.2, 0.25) is 5.91 Å². The molecule has 0 atom stereocenters. The number of piperidine rings is 1. The highest BCUT2D eigenvalue weighted by atomic mass is 16.2. The first-order chi connectivity index (χ1) is 9.68. The third-order valence-corrected chi connectivity index (χ3v) is 3.89. The van der Waals surface area contributed by atoms with Crippen molar-refractivity contribution in [3.63, 3.8) is 0 Å². The summed E-state index contributed by atoms with van der Waals surface area (Å²) in [5.74, 6) is 0.0168. The summed E-state index contributed by atoms with van der Waals surface area (Å²) in [5, 5.41) is 0. The summed E-state index contributed by atoms with van der Waals surface area (Å²) in [5.41, 5.74) is 1.14. The van der Waals surface area contributed by atoms with Crippen molar-refractivity contribution < 1.29 is 4.79 Å². The van der Waals surface area contributed by atoms with Gasteiger partial charge in [0.25, 0.3) is 0 Å². The number of fused-ring (bicyclic) bond motifs is 1. The number of hydrogen-bond donors (Lipinski definition) is 0. The van der Waals surface area contributed by atoms with E-state index < -0.39 is 0 Å². The monoisotopic (exact) mass is 274 g/mol. The Labute approximate surface area is 116 Å². The Morgan fingerprint density at radius 1 is 1.30 bits per heavy atom. The van der Waals surface area contributed by atoms with Crippen molar-refractivity contribution in [2.45, 2.75) is 25.8 Å². The van der Waals surface area contributed by atoms with E-state index in [1.807, 2.05) is 11.0 Å². The zero-order valence-corrected chi connectivity index (χ0v) is 11.6. The molecule has 0 aromatic carbocycles. The van der Waals surface area contributed by atoms with Gasteiger partial charge in [-0.05, 0) is 31.4 Å². The summed E-state index contributed by atoms with van der Waals surface area (Å²) >= 11 is 0. The molecule has 2 aromatic rings. The van der Waals surface area contributed by atoms with Gasteiger partial charge in [-0.2, -0.15) is 0 Å². The number of aromatic nitrogens is 3. The molecule has 6 heteroatoms. The Morgan fingerprint density at radius 2 is 2.05 bits per heavy atom. The minimum absolute atomic E-state index is 0.0168. The summed E-state index contributed by atoms with van der Waals surface area (Å²) in [6.45, 7) is 1.70. The Balaban J connectivity index is 1.92. The largest absolute Gasteiger partial charge is 0.341 e. The normalized spacial score (nSPS) is 15.8. The van der Waals surface area contributed by atoms with Crippen LogP contribution in [0.5, 0.6) is 0 Å². The SMILES string of the molecule is Cn1c(=O)n(CC(=O)N2CCCCC2)c2cccnc21. The van der Waals surface area contributed by atoms with Crippen molar-refractivity contribution in [3.8, 4) is 0 Å². The molecule has 0 unspecified atom stereocenters. The molecule has 1 amide bonds. The van der Waals surface area contributed by atoms with Gasteiger partial charge in [-0.3, -0.25) is 13.9 Å². The highest BCUT2D eigenvalue weighted by Crippen LogP contribution is 2.12. The molecule has 0 saturated carbocycles. The minimum atomic E-state index is -0.191. The molecule has 0 aliphatic carbocycles. The molecular weight excluding hydrogens is 256 g/mol. The van der Waals surface area contributed by atoms with E-state index in [-0.39, 0.29) is 18.1 Å². The lowest BCUT2D eigenvalue weighted by Gasteiger charge is -2.26. The van der Waals surface area contributed by atoms with Crippen molar-refractivity contribution in [1.29, 1.82) is 0 Å². The second-order valence-corrected chi connectivity index (χ2v) is 5.22. The molecule has 1 aliphatic heterocycles. The lowest BCUT2D eigenvalue weighted by atomic mass is 10.1. The first-order valence-electron chi connectivity index (χ1n) is 6.96. The topological polar surface area (TPSA) is 60.1 Å². The van der Waals surface area contributed by atoms with Crippen LogP contribution in [0.2, 0.25) is 0 Å². The molecular formula is C14H18N4O2. The van der Waals surface area contributed by atoms with Crippen LogP contribution in [0.3, 0.4) is 0 Å². The van der Waals surface area contributed by atoms with E-state index in [0.29, 0.717) is 11.2 Å². The van der Waals surface area contributed by atoms with E-state index in [0.717, 1.165) is 25.9 Å². The third kappa shape index (κ3) is 2.11. The van der Waals surface area contributed by atoms with Gasteiger partial charge in [0.1, 0.15) is 6.54 Å². The maximum absolute atomic E-state index is 12.3. The summed E-state index contributed by atoms with van der Waals surface area (Å²) < 4.78 is 3.00. The molecule has 2 aromatic heterocycles. The zero-order valence-electron chi connectivity index (χ0n) is 11.6. The van der Waals surface area contributed by atoms with E-state index in [9.17, 15) is 9.59 Å². The van der Waals surface area contributed by atoms with E-state index in [1.165, 1.54) is 15.6 Å². The number of carbonyl (C=O) groups excluding carboxylic acids is 1. The molecule has 106 valence electrons. The fourth-order valence-electron chi connectivity index (χ4n) is 2.76. The van der Waals surface area contributed by atoms with Crippen LogP contribution >= 0.6 is 0 Å². The number of amides is 1. The molecule has 1 saturated heterocycles. The van der Waals surface area contributed by atoms with Crippen molar-refractivity contribution in [1.82, 2.24) is 19.0 Å². The van der Waals surface area contributed by atoms with Crippen LogP contribution < -0.4 is 5.69 Å². The standard InChI is InChI=1S/C14H18N4O2/c1-16-13-11(6-5-7-15-13)18(14(16)20)10-12(19)17-8-3-2-4-9-17/h5-7H,2-4,8-10H2,1H3. The molecule has 1 fully saturated rings. The molecule has 0 spiro atoms. The molecule has 3 rings (SSSR count). The van der Waals surface area contributed by atoms with Gasteiger partial charge in [0, 0.05) is 26.3 Å². The van der Waals surface area contributed by atoms with Gasteiger partial charge in [-0.25, -0.2) is 9.78 Å².